The largest absolute Gasteiger partial charge is 0.376 e. The van der Waals surface area contributed by atoms with Crippen LogP contribution in [0.1, 0.15) is 65.2 Å². The third kappa shape index (κ3) is 12.3. The molecule has 0 fully saturated rings. The highest BCUT2D eigenvalue weighted by atomic mass is 79.9. The van der Waals surface area contributed by atoms with Crippen LogP contribution in [0.5, 0.6) is 0 Å². The summed E-state index contributed by atoms with van der Waals surface area (Å²) in [7, 11) is 0. The topological polar surface area (TPSA) is 74.6 Å². The van der Waals surface area contributed by atoms with Gasteiger partial charge in [-0.1, -0.05) is 338 Å². The van der Waals surface area contributed by atoms with Gasteiger partial charge in [0.05, 0.1) is 0 Å². The summed E-state index contributed by atoms with van der Waals surface area (Å²) in [6, 6.07) is 110. The Kier molecular flexibility index (Phi) is 18.8. The molecule has 0 spiro atoms. The minimum atomic E-state index is -1.56. The number of aliphatic hydroxyl groups is 2. The van der Waals surface area contributed by atoms with Gasteiger partial charge in [-0.2, -0.15) is 0 Å². The summed E-state index contributed by atoms with van der Waals surface area (Å²) < 4.78 is 5.35. The molecule has 0 saturated heterocycles. The Morgan fingerprint density at radius 1 is 0.200 bits per heavy atom. The van der Waals surface area contributed by atoms with Crippen molar-refractivity contribution in [2.75, 3.05) is 0 Å². The second-order valence-corrected chi connectivity index (χ2v) is 30.1. The van der Waals surface area contributed by atoms with Crippen LogP contribution in [-0.2, 0) is 11.2 Å². The van der Waals surface area contributed by atoms with Crippen molar-refractivity contribution in [3.63, 3.8) is 0 Å². The fraction of sp³-hybridized carbons (Fsp3) is 0.0222. The number of ketones is 2. The fourth-order valence-electron chi connectivity index (χ4n) is 14.5. The molecule has 0 radical (unpaired) electrons. The Hall–Kier alpha value is -9.04. The molecule has 17 rings (SSSR count). The lowest BCUT2D eigenvalue weighted by molar-refractivity contribution is 0.0752. The minimum absolute atomic E-state index is 0.103. The first-order valence-corrected chi connectivity index (χ1v) is 37.1. The van der Waals surface area contributed by atoms with Crippen LogP contribution < -0.4 is 0 Å². The molecule has 100 heavy (non-hydrogen) atoms. The lowest BCUT2D eigenvalue weighted by Crippen LogP contribution is -2.44. The van der Waals surface area contributed by atoms with E-state index in [1.807, 2.05) is 121 Å². The van der Waals surface area contributed by atoms with E-state index in [9.17, 15) is 19.8 Å². The number of carbonyl (C=O) groups excluding carboxylic acids is 2. The molecule has 0 aromatic heterocycles. The second-order valence-electron chi connectivity index (χ2n) is 24.6. The Labute approximate surface area is 630 Å². The number of hydrogen-bond donors (Lipinski definition) is 2. The molecule has 0 amide bonds. The van der Waals surface area contributed by atoms with Gasteiger partial charge in [-0.15, -0.1) is 0 Å². The third-order valence-corrected chi connectivity index (χ3v) is 21.8. The van der Waals surface area contributed by atoms with E-state index in [0.29, 0.717) is 44.5 Å². The van der Waals surface area contributed by atoms with Crippen LogP contribution in [0.3, 0.4) is 0 Å². The van der Waals surface area contributed by atoms with Gasteiger partial charge in [-0.25, -0.2) is 0 Å². The maximum atomic E-state index is 13.2. The number of hydrogen-bond acceptors (Lipinski definition) is 4. The molecule has 2 unspecified atom stereocenters. The first-order valence-electron chi connectivity index (χ1n) is 32.4. The number of carbonyl (C=O) groups is 2. The molecular weight excluding hydrogens is 1620 g/mol. The van der Waals surface area contributed by atoms with Crippen molar-refractivity contribution in [2.24, 2.45) is 0 Å². The summed E-state index contributed by atoms with van der Waals surface area (Å²) in [5.41, 5.74) is 16.4. The van der Waals surface area contributed by atoms with Gasteiger partial charge in [-0.3, -0.25) is 9.59 Å². The van der Waals surface area contributed by atoms with Gasteiger partial charge in [0.15, 0.2) is 11.6 Å². The van der Waals surface area contributed by atoms with Crippen molar-refractivity contribution in [1.82, 2.24) is 0 Å². The highest BCUT2D eigenvalue weighted by molar-refractivity contribution is 9.11. The molecule has 15 aromatic rings. The first kappa shape index (κ1) is 66.8. The summed E-state index contributed by atoms with van der Waals surface area (Å²) >= 11 is 21.6. The number of fused-ring (bicyclic) bond motifs is 6. The predicted octanol–water partition coefficient (Wildman–Crippen LogP) is 25.6. The lowest BCUT2D eigenvalue weighted by Gasteiger charge is -2.46. The zero-order valence-corrected chi connectivity index (χ0v) is 62.7. The van der Waals surface area contributed by atoms with Crippen LogP contribution >= 0.6 is 95.6 Å². The fourth-order valence-corrected chi connectivity index (χ4v) is 16.6. The van der Waals surface area contributed by atoms with Crippen molar-refractivity contribution in [1.29, 1.82) is 0 Å². The van der Waals surface area contributed by atoms with E-state index < -0.39 is 11.2 Å². The Balaban J connectivity index is 0.000000131. The van der Waals surface area contributed by atoms with E-state index >= 15 is 0 Å². The van der Waals surface area contributed by atoms with E-state index in [0.717, 1.165) is 60.2 Å². The zero-order valence-electron chi connectivity index (χ0n) is 53.2. The van der Waals surface area contributed by atoms with E-state index in [1.165, 1.54) is 66.1 Å². The van der Waals surface area contributed by atoms with E-state index in [2.05, 4.69) is 265 Å². The normalized spacial score (nSPS) is 14.9. The van der Waals surface area contributed by atoms with Crippen LogP contribution in [0.15, 0.2) is 354 Å². The maximum Gasteiger partial charge on any atom is 0.194 e. The maximum absolute atomic E-state index is 13.2. The third-order valence-electron chi connectivity index (χ3n) is 18.9. The molecule has 2 aliphatic carbocycles. The van der Waals surface area contributed by atoms with Crippen molar-refractivity contribution in [2.45, 2.75) is 11.2 Å². The van der Waals surface area contributed by atoms with Crippen LogP contribution in [0.2, 0.25) is 0 Å². The van der Waals surface area contributed by atoms with Gasteiger partial charge >= 0.3 is 0 Å². The molecule has 0 aliphatic heterocycles. The molecule has 0 bridgehead atoms. The van der Waals surface area contributed by atoms with Crippen molar-refractivity contribution >= 4 is 129 Å². The molecule has 2 N–H and O–H groups in total. The molecule has 2 aliphatic rings. The van der Waals surface area contributed by atoms with Gasteiger partial charge < -0.3 is 10.2 Å². The summed E-state index contributed by atoms with van der Waals surface area (Å²) in [6.07, 6.45) is 0. The SMILES string of the molecule is Brc1ccc2c(-c3ccccc3-c3ccccc3)c3cc(Br)ccc3c(-c3ccccc3-c3ccccc3)c2c1.O=C1c2ccc(Br)cc2C(=O)c2ccc(Br)cc21.OC1(c2ccccc2-c2ccccc2)c2ccc(Br)cc2C(O)(c2ccccc2-c2ccccc2)c2ccc(Br)cc21. The van der Waals surface area contributed by atoms with Crippen molar-refractivity contribution in [3.8, 4) is 66.8 Å². The molecule has 15 aromatic carbocycles. The average Bonchev–Trinajstić information content (AvgIpc) is 0.691. The quantitative estimate of drug-likeness (QED) is 0.149. The molecule has 482 valence electrons. The molecule has 2 atom stereocenters. The minimum Gasteiger partial charge on any atom is -0.376 e. The highest BCUT2D eigenvalue weighted by Crippen LogP contribution is 2.57. The summed E-state index contributed by atoms with van der Waals surface area (Å²) in [6.45, 7) is 0. The van der Waals surface area contributed by atoms with E-state index in [4.69, 9.17) is 0 Å². The highest BCUT2D eigenvalue weighted by Gasteiger charge is 2.52. The lowest BCUT2D eigenvalue weighted by atomic mass is 9.62. The van der Waals surface area contributed by atoms with Crippen LogP contribution in [0, 0.1) is 0 Å². The second kappa shape index (κ2) is 28.2. The Morgan fingerprint density at radius 2 is 0.470 bits per heavy atom. The number of rotatable bonds is 8. The van der Waals surface area contributed by atoms with E-state index in [1.54, 1.807) is 36.4 Å². The summed E-state index contributed by atoms with van der Waals surface area (Å²) in [4.78, 5) is 24.7. The Morgan fingerprint density at radius 3 is 0.830 bits per heavy atom. The van der Waals surface area contributed by atoms with Gasteiger partial charge in [0.1, 0.15) is 11.2 Å². The molecule has 4 nitrogen and oxygen atoms in total. The molecule has 0 saturated carbocycles. The predicted molar refractivity (Wildman–Crippen MR) is 430 cm³/mol. The number of benzene rings is 15. The van der Waals surface area contributed by atoms with Gasteiger partial charge in [0, 0.05) is 71.3 Å². The molecular formula is C90H56Br6O4. The first-order chi connectivity index (χ1) is 48.7. The van der Waals surface area contributed by atoms with E-state index in [-0.39, 0.29) is 11.6 Å². The standard InChI is InChI=1S/C38H26Br2O2.C38H24Br2.C14H6Br2O2/c39-27-20-22-34-35(23-27)37(41,31-17-9-7-15-29(31)25-11-3-1-4-12-25)33-21-19-28(40)24-36(33)38(34,42)32-18-10-8-16-30(32)26-13-5-2-6-14-26;39-27-20-22-34-35(23-27)37(31-17-9-7-15-29(31)25-11-3-1-4-12-25)33-21-19-28(40)24-36(33)38(34)32-18-10-8-16-30(32)26-13-5-2-6-14-26;15-7-1-3-9-11(5-7)14(18)10-4-2-8(16)6-12(10)13(9)17/h1-24,41-42H;1-24H;1-6H. The summed E-state index contributed by atoms with van der Waals surface area (Å²) in [5.74, 6) is -0.207. The van der Waals surface area contributed by atoms with Gasteiger partial charge in [0.25, 0.3) is 0 Å². The van der Waals surface area contributed by atoms with Gasteiger partial charge in [-0.05, 0) is 184 Å². The smallest absolute Gasteiger partial charge is 0.194 e. The van der Waals surface area contributed by atoms with Crippen LogP contribution in [0.4, 0.5) is 0 Å². The Bertz CT molecular complexity index is 5350. The zero-order chi connectivity index (χ0) is 68.8. The van der Waals surface area contributed by atoms with Crippen molar-refractivity contribution in [3.05, 3.63) is 410 Å². The van der Waals surface area contributed by atoms with Crippen molar-refractivity contribution < 1.29 is 19.8 Å². The summed E-state index contributed by atoms with van der Waals surface area (Å²) in [5, 5.41) is 31.4. The average molecular weight is 1680 g/mol. The molecule has 0 heterocycles. The number of halogens is 6. The van der Waals surface area contributed by atoms with Crippen LogP contribution in [-0.4, -0.2) is 21.8 Å². The van der Waals surface area contributed by atoms with Gasteiger partial charge in [0.2, 0.25) is 0 Å². The van der Waals surface area contributed by atoms with Crippen LogP contribution in [0.25, 0.3) is 88.3 Å². The monoisotopic (exact) mass is 1670 g/mol. The molecule has 10 heteroatoms.